The molecule has 62 valence electrons. The van der Waals surface area contributed by atoms with Gasteiger partial charge in [0.25, 0.3) is 0 Å². The van der Waals surface area contributed by atoms with Gasteiger partial charge in [0.15, 0.2) is 12.0 Å². The predicted molar refractivity (Wildman–Crippen MR) is 48.1 cm³/mol. The molecular formula is C9H10N2O. The summed E-state index contributed by atoms with van der Waals surface area (Å²) in [5, 5.41) is 11.2. The molecule has 1 aliphatic heterocycles. The minimum absolute atomic E-state index is 0.0214. The van der Waals surface area contributed by atoms with Crippen LogP contribution in [0.25, 0.3) is 0 Å². The highest BCUT2D eigenvalue weighted by Gasteiger charge is 2.15. The Morgan fingerprint density at radius 2 is 1.92 bits per heavy atom. The SMILES string of the molecule is Cc1cc2c(cc1C)[NH+]([O-])C=N2. The molecule has 0 spiro atoms. The van der Waals surface area contributed by atoms with E-state index >= 15 is 0 Å². The monoisotopic (exact) mass is 162 g/mol. The van der Waals surface area contributed by atoms with Crippen molar-refractivity contribution in [3.05, 3.63) is 28.5 Å². The Hall–Kier alpha value is -1.19. The molecule has 3 nitrogen and oxygen atoms in total. The molecule has 2 rings (SSSR count). The van der Waals surface area contributed by atoms with Gasteiger partial charge in [-0.05, 0) is 31.0 Å². The lowest BCUT2D eigenvalue weighted by atomic mass is 10.1. The Balaban J connectivity index is 2.62. The predicted octanol–water partition coefficient (Wildman–Crippen LogP) is 0.991. The normalized spacial score (nSPS) is 19.8. The molecule has 1 aromatic carbocycles. The molecule has 1 atom stereocenters. The highest BCUT2D eigenvalue weighted by molar-refractivity contribution is 5.73. The van der Waals surface area contributed by atoms with Gasteiger partial charge in [-0.25, -0.2) is 0 Å². The summed E-state index contributed by atoms with van der Waals surface area (Å²) in [6.45, 7) is 4.02. The summed E-state index contributed by atoms with van der Waals surface area (Å²) in [6, 6.07) is 3.85. The Bertz CT molecular complexity index is 358. The van der Waals surface area contributed by atoms with Gasteiger partial charge in [0.2, 0.25) is 0 Å². The third kappa shape index (κ3) is 0.948. The van der Waals surface area contributed by atoms with Crippen LogP contribution in [0.3, 0.4) is 0 Å². The van der Waals surface area contributed by atoms with Crippen LogP contribution in [-0.2, 0) is 0 Å². The first-order valence-electron chi connectivity index (χ1n) is 3.88. The zero-order chi connectivity index (χ0) is 8.72. The van der Waals surface area contributed by atoms with Gasteiger partial charge in [-0.1, -0.05) is 0 Å². The number of aliphatic imine (C=N–C) groups is 1. The van der Waals surface area contributed by atoms with Crippen LogP contribution in [-0.4, -0.2) is 6.34 Å². The molecule has 0 saturated carbocycles. The fraction of sp³-hybridized carbons (Fsp3) is 0.222. The molecule has 0 saturated heterocycles. The van der Waals surface area contributed by atoms with Crippen LogP contribution in [0.4, 0.5) is 11.4 Å². The average molecular weight is 162 g/mol. The van der Waals surface area contributed by atoms with Crippen LogP contribution in [0, 0.1) is 19.1 Å². The maximum atomic E-state index is 11.2. The largest absolute Gasteiger partial charge is 0.623 e. The summed E-state index contributed by atoms with van der Waals surface area (Å²) in [5.41, 5.74) is 3.87. The minimum atomic E-state index is 0.0214. The number of hydrogen-bond donors (Lipinski definition) is 1. The van der Waals surface area contributed by atoms with E-state index in [1.165, 1.54) is 11.9 Å². The van der Waals surface area contributed by atoms with Crippen molar-refractivity contribution in [1.29, 1.82) is 0 Å². The van der Waals surface area contributed by atoms with Gasteiger partial charge in [0, 0.05) is 6.07 Å². The van der Waals surface area contributed by atoms with E-state index in [4.69, 9.17) is 0 Å². The standard InChI is InChI=1S/C9H10N2O/c1-6-3-8-9(4-7(6)2)11(12)5-10-8/h3-5,11H,1-2H3. The lowest BCUT2D eigenvalue weighted by Crippen LogP contribution is -2.99. The average Bonchev–Trinajstić information content (AvgIpc) is 2.35. The van der Waals surface area contributed by atoms with Crippen LogP contribution in [0.2, 0.25) is 0 Å². The van der Waals surface area contributed by atoms with E-state index in [-0.39, 0.29) is 5.06 Å². The third-order valence-electron chi connectivity index (χ3n) is 2.20. The number of rotatable bonds is 0. The fourth-order valence-electron chi connectivity index (χ4n) is 1.30. The molecule has 0 aliphatic carbocycles. The van der Waals surface area contributed by atoms with Crippen LogP contribution < -0.4 is 5.06 Å². The van der Waals surface area contributed by atoms with Gasteiger partial charge >= 0.3 is 0 Å². The number of hydroxylamine groups is 1. The first-order chi connectivity index (χ1) is 5.68. The third-order valence-corrected chi connectivity index (χ3v) is 2.20. The van der Waals surface area contributed by atoms with E-state index in [0.29, 0.717) is 0 Å². The maximum absolute atomic E-state index is 11.2. The van der Waals surface area contributed by atoms with E-state index < -0.39 is 0 Å². The zero-order valence-electron chi connectivity index (χ0n) is 7.09. The Labute approximate surface area is 70.9 Å². The lowest BCUT2D eigenvalue weighted by Gasteiger charge is -2.12. The van der Waals surface area contributed by atoms with E-state index in [0.717, 1.165) is 16.9 Å². The number of fused-ring (bicyclic) bond motifs is 1. The molecule has 0 radical (unpaired) electrons. The molecule has 1 aromatic rings. The van der Waals surface area contributed by atoms with Crippen molar-refractivity contribution >= 4 is 17.7 Å². The molecule has 1 N–H and O–H groups in total. The number of quaternary nitrogens is 1. The number of benzene rings is 1. The van der Waals surface area contributed by atoms with E-state index in [1.807, 2.05) is 26.0 Å². The number of aryl methyl sites for hydroxylation is 2. The second-order valence-electron chi connectivity index (χ2n) is 3.08. The molecule has 12 heavy (non-hydrogen) atoms. The van der Waals surface area contributed by atoms with Gasteiger partial charge in [0.05, 0.1) is 0 Å². The second kappa shape index (κ2) is 2.40. The van der Waals surface area contributed by atoms with Crippen molar-refractivity contribution in [2.45, 2.75) is 13.8 Å². The van der Waals surface area contributed by atoms with Crippen LogP contribution in [0.5, 0.6) is 0 Å². The molecule has 3 heteroatoms. The van der Waals surface area contributed by atoms with Gasteiger partial charge < -0.3 is 5.21 Å². The molecule has 0 bridgehead atoms. The van der Waals surface area contributed by atoms with E-state index in [9.17, 15) is 5.21 Å². The molecule has 0 fully saturated rings. The van der Waals surface area contributed by atoms with E-state index in [2.05, 4.69) is 4.99 Å². The molecule has 0 amide bonds. The van der Waals surface area contributed by atoms with Crippen molar-refractivity contribution in [2.75, 3.05) is 0 Å². The lowest BCUT2D eigenvalue weighted by molar-refractivity contribution is -0.655. The molecule has 1 unspecified atom stereocenters. The maximum Gasteiger partial charge on any atom is 0.194 e. The summed E-state index contributed by atoms with van der Waals surface area (Å²) in [5.74, 6) is 0. The van der Waals surface area contributed by atoms with Crippen molar-refractivity contribution in [1.82, 2.24) is 0 Å². The van der Waals surface area contributed by atoms with Gasteiger partial charge in [0.1, 0.15) is 5.69 Å². The van der Waals surface area contributed by atoms with Crippen molar-refractivity contribution in [2.24, 2.45) is 4.99 Å². The highest BCUT2D eigenvalue weighted by atomic mass is 16.5. The minimum Gasteiger partial charge on any atom is -0.623 e. The summed E-state index contributed by atoms with van der Waals surface area (Å²) in [4.78, 5) is 4.01. The Kier molecular flexibility index (Phi) is 1.49. The Morgan fingerprint density at radius 1 is 1.25 bits per heavy atom. The molecular weight excluding hydrogens is 152 g/mol. The summed E-state index contributed by atoms with van der Waals surface area (Å²) in [7, 11) is 0. The van der Waals surface area contributed by atoms with Crippen LogP contribution in [0.15, 0.2) is 17.1 Å². The quantitative estimate of drug-likeness (QED) is 0.568. The summed E-state index contributed by atoms with van der Waals surface area (Å²) in [6.07, 6.45) is 1.38. The van der Waals surface area contributed by atoms with Crippen LogP contribution in [0.1, 0.15) is 11.1 Å². The molecule has 1 heterocycles. The molecule has 0 aromatic heterocycles. The zero-order valence-corrected chi connectivity index (χ0v) is 7.09. The van der Waals surface area contributed by atoms with Crippen molar-refractivity contribution < 1.29 is 5.06 Å². The second-order valence-corrected chi connectivity index (χ2v) is 3.08. The first kappa shape index (κ1) is 7.46. The van der Waals surface area contributed by atoms with Gasteiger partial charge in [-0.15, -0.1) is 0 Å². The first-order valence-corrected chi connectivity index (χ1v) is 3.88. The topological polar surface area (TPSA) is 39.9 Å². The van der Waals surface area contributed by atoms with E-state index in [1.54, 1.807) is 0 Å². The molecule has 1 aliphatic rings. The summed E-state index contributed by atoms with van der Waals surface area (Å²) < 4.78 is 0. The number of nitrogens with one attached hydrogen (secondary N) is 1. The Morgan fingerprint density at radius 3 is 2.67 bits per heavy atom. The van der Waals surface area contributed by atoms with Crippen LogP contribution >= 0.6 is 0 Å². The highest BCUT2D eigenvalue weighted by Crippen LogP contribution is 2.26. The van der Waals surface area contributed by atoms with Gasteiger partial charge in [-0.2, -0.15) is 4.99 Å². The fourth-order valence-corrected chi connectivity index (χ4v) is 1.30. The van der Waals surface area contributed by atoms with Crippen molar-refractivity contribution in [3.63, 3.8) is 0 Å². The number of hydrogen-bond acceptors (Lipinski definition) is 2. The number of nitrogens with zero attached hydrogens (tertiary/aromatic N) is 1. The van der Waals surface area contributed by atoms with Crippen molar-refractivity contribution in [3.8, 4) is 0 Å². The smallest absolute Gasteiger partial charge is 0.194 e. The van der Waals surface area contributed by atoms with Gasteiger partial charge in [-0.3, -0.25) is 5.06 Å². The summed E-state index contributed by atoms with van der Waals surface area (Å²) >= 11 is 0.